The summed E-state index contributed by atoms with van der Waals surface area (Å²) in [7, 11) is 0. The SMILES string of the molecule is CCC(CC)OC(=O)C(C(=O)OC(CC)CC)C(=O)OC(CC)CC. The minimum atomic E-state index is -1.68. The van der Waals surface area contributed by atoms with Gasteiger partial charge in [-0.15, -0.1) is 0 Å². The van der Waals surface area contributed by atoms with Gasteiger partial charge in [0.15, 0.2) is 0 Å². The Morgan fingerprint density at radius 1 is 0.520 bits per heavy atom. The Morgan fingerprint density at radius 2 is 0.720 bits per heavy atom. The summed E-state index contributed by atoms with van der Waals surface area (Å²) in [6, 6.07) is 0. The molecule has 146 valence electrons. The number of esters is 3. The van der Waals surface area contributed by atoms with E-state index in [9.17, 15) is 14.4 Å². The van der Waals surface area contributed by atoms with Gasteiger partial charge in [0.25, 0.3) is 5.92 Å². The molecule has 0 fully saturated rings. The molecule has 6 nitrogen and oxygen atoms in total. The van der Waals surface area contributed by atoms with Crippen LogP contribution in [0, 0.1) is 5.92 Å². The van der Waals surface area contributed by atoms with Crippen molar-refractivity contribution in [3.8, 4) is 0 Å². The highest BCUT2D eigenvalue weighted by molar-refractivity contribution is 6.12. The van der Waals surface area contributed by atoms with E-state index in [0.717, 1.165) is 0 Å². The quantitative estimate of drug-likeness (QED) is 0.300. The lowest BCUT2D eigenvalue weighted by Gasteiger charge is -2.22. The van der Waals surface area contributed by atoms with Crippen LogP contribution < -0.4 is 0 Å². The van der Waals surface area contributed by atoms with Gasteiger partial charge in [-0.25, -0.2) is 0 Å². The van der Waals surface area contributed by atoms with Gasteiger partial charge in [-0.3, -0.25) is 14.4 Å². The summed E-state index contributed by atoms with van der Waals surface area (Å²) < 4.78 is 15.9. The number of hydrogen-bond donors (Lipinski definition) is 0. The first-order valence-electron chi connectivity index (χ1n) is 9.49. The predicted octanol–water partition coefficient (Wildman–Crippen LogP) is 3.80. The summed E-state index contributed by atoms with van der Waals surface area (Å²) in [5.41, 5.74) is 0. The van der Waals surface area contributed by atoms with E-state index >= 15 is 0 Å². The van der Waals surface area contributed by atoms with Crippen molar-refractivity contribution >= 4 is 17.9 Å². The molecule has 0 saturated carbocycles. The molecule has 0 rings (SSSR count). The predicted molar refractivity (Wildman–Crippen MR) is 94.9 cm³/mol. The average molecular weight is 358 g/mol. The monoisotopic (exact) mass is 358 g/mol. The Hall–Kier alpha value is -1.59. The second-order valence-corrected chi connectivity index (χ2v) is 6.06. The summed E-state index contributed by atoms with van der Waals surface area (Å²) in [4.78, 5) is 37.3. The molecule has 25 heavy (non-hydrogen) atoms. The third kappa shape index (κ3) is 7.88. The molecule has 0 aromatic rings. The molecule has 0 spiro atoms. The largest absolute Gasteiger partial charge is 0.461 e. The molecule has 6 heteroatoms. The minimum Gasteiger partial charge on any atom is -0.461 e. The van der Waals surface area contributed by atoms with Gasteiger partial charge in [0, 0.05) is 0 Å². The van der Waals surface area contributed by atoms with Crippen molar-refractivity contribution in [1.82, 2.24) is 0 Å². The molecule has 0 unspecified atom stereocenters. The number of ether oxygens (including phenoxy) is 3. The molecule has 0 atom stereocenters. The van der Waals surface area contributed by atoms with Crippen LogP contribution in [0.5, 0.6) is 0 Å². The standard InChI is InChI=1S/C19H34O6/c1-7-13(8-2)23-17(20)16(18(21)24-14(9-3)10-4)19(22)25-15(11-5)12-6/h13-16H,7-12H2,1-6H3. The second-order valence-electron chi connectivity index (χ2n) is 6.06. The van der Waals surface area contributed by atoms with E-state index in [2.05, 4.69) is 0 Å². The minimum absolute atomic E-state index is 0.336. The van der Waals surface area contributed by atoms with Crippen LogP contribution in [-0.4, -0.2) is 36.2 Å². The van der Waals surface area contributed by atoms with Gasteiger partial charge in [0.2, 0.25) is 0 Å². The molecule has 0 radical (unpaired) electrons. The molecular formula is C19H34O6. The molecule has 0 aliphatic carbocycles. The molecule has 0 amide bonds. The second kappa shape index (κ2) is 12.7. The van der Waals surface area contributed by atoms with E-state index in [4.69, 9.17) is 14.2 Å². The highest BCUT2D eigenvalue weighted by atomic mass is 16.6. The maximum Gasteiger partial charge on any atom is 0.332 e. The maximum atomic E-state index is 12.4. The maximum absolute atomic E-state index is 12.4. The summed E-state index contributed by atoms with van der Waals surface area (Å²) in [6.45, 7) is 11.3. The zero-order chi connectivity index (χ0) is 19.4. The van der Waals surface area contributed by atoms with Crippen molar-refractivity contribution in [1.29, 1.82) is 0 Å². The van der Waals surface area contributed by atoms with Crippen LogP contribution in [0.4, 0.5) is 0 Å². The van der Waals surface area contributed by atoms with E-state index in [0.29, 0.717) is 38.5 Å². The van der Waals surface area contributed by atoms with Crippen LogP contribution in [0.3, 0.4) is 0 Å². The van der Waals surface area contributed by atoms with Crippen LogP contribution in [-0.2, 0) is 28.6 Å². The van der Waals surface area contributed by atoms with Gasteiger partial charge < -0.3 is 14.2 Å². The summed E-state index contributed by atoms with van der Waals surface area (Å²) >= 11 is 0. The topological polar surface area (TPSA) is 78.9 Å². The Morgan fingerprint density at radius 3 is 0.880 bits per heavy atom. The van der Waals surface area contributed by atoms with Crippen molar-refractivity contribution in [2.75, 3.05) is 0 Å². The lowest BCUT2D eigenvalue weighted by molar-refractivity contribution is -0.179. The van der Waals surface area contributed by atoms with Gasteiger partial charge in [-0.1, -0.05) is 41.5 Å². The van der Waals surface area contributed by atoms with E-state index < -0.39 is 23.8 Å². The first-order chi connectivity index (χ1) is 11.9. The van der Waals surface area contributed by atoms with Crippen molar-refractivity contribution in [2.24, 2.45) is 5.92 Å². The fourth-order valence-corrected chi connectivity index (χ4v) is 2.35. The highest BCUT2D eigenvalue weighted by Gasteiger charge is 2.41. The first kappa shape index (κ1) is 23.4. The van der Waals surface area contributed by atoms with E-state index in [1.165, 1.54) is 0 Å². The Labute approximate surface area is 151 Å². The molecule has 0 aliphatic rings. The summed E-state index contributed by atoms with van der Waals surface area (Å²) in [5, 5.41) is 0. The fourth-order valence-electron chi connectivity index (χ4n) is 2.35. The zero-order valence-electron chi connectivity index (χ0n) is 16.5. The Bertz CT molecular complexity index is 346. The zero-order valence-corrected chi connectivity index (χ0v) is 16.5. The fraction of sp³-hybridized carbons (Fsp3) is 0.842. The lowest BCUT2D eigenvalue weighted by Crippen LogP contribution is -2.40. The third-order valence-electron chi connectivity index (χ3n) is 4.29. The number of hydrogen-bond acceptors (Lipinski definition) is 6. The Kier molecular flexibility index (Phi) is 11.9. The third-order valence-corrected chi connectivity index (χ3v) is 4.29. The van der Waals surface area contributed by atoms with Crippen LogP contribution in [0.25, 0.3) is 0 Å². The van der Waals surface area contributed by atoms with Crippen LogP contribution >= 0.6 is 0 Å². The van der Waals surface area contributed by atoms with E-state index in [1.54, 1.807) is 0 Å². The molecule has 0 saturated heterocycles. The normalized spacial score (nSPS) is 11.3. The van der Waals surface area contributed by atoms with E-state index in [-0.39, 0.29) is 18.3 Å². The Balaban J connectivity index is 5.30. The number of rotatable bonds is 12. The number of carbonyl (C=O) groups excluding carboxylic acids is 3. The van der Waals surface area contributed by atoms with Crippen molar-refractivity contribution in [3.05, 3.63) is 0 Å². The molecule has 0 aromatic carbocycles. The van der Waals surface area contributed by atoms with Gasteiger partial charge in [-0.05, 0) is 38.5 Å². The van der Waals surface area contributed by atoms with Crippen molar-refractivity contribution < 1.29 is 28.6 Å². The smallest absolute Gasteiger partial charge is 0.332 e. The summed E-state index contributed by atoms with van der Waals surface area (Å²) in [5.74, 6) is -4.34. The molecule has 0 aliphatic heterocycles. The van der Waals surface area contributed by atoms with Crippen LogP contribution in [0.15, 0.2) is 0 Å². The lowest BCUT2D eigenvalue weighted by atomic mass is 10.1. The van der Waals surface area contributed by atoms with Crippen LogP contribution in [0.1, 0.15) is 80.1 Å². The molecular weight excluding hydrogens is 324 g/mol. The molecule has 0 heterocycles. The van der Waals surface area contributed by atoms with Gasteiger partial charge >= 0.3 is 17.9 Å². The molecule has 0 N–H and O–H groups in total. The first-order valence-corrected chi connectivity index (χ1v) is 9.49. The average Bonchev–Trinajstić information content (AvgIpc) is 2.61. The molecule has 0 bridgehead atoms. The van der Waals surface area contributed by atoms with Crippen molar-refractivity contribution in [2.45, 2.75) is 98.4 Å². The molecule has 0 aromatic heterocycles. The summed E-state index contributed by atoms with van der Waals surface area (Å²) in [6.07, 6.45) is 2.65. The van der Waals surface area contributed by atoms with Gasteiger partial charge in [-0.2, -0.15) is 0 Å². The van der Waals surface area contributed by atoms with Gasteiger partial charge in [0.05, 0.1) is 0 Å². The highest BCUT2D eigenvalue weighted by Crippen LogP contribution is 2.16. The number of carbonyl (C=O) groups is 3. The van der Waals surface area contributed by atoms with E-state index in [1.807, 2.05) is 41.5 Å². The van der Waals surface area contributed by atoms with Crippen molar-refractivity contribution in [3.63, 3.8) is 0 Å². The van der Waals surface area contributed by atoms with Gasteiger partial charge in [0.1, 0.15) is 18.3 Å². The van der Waals surface area contributed by atoms with Crippen LogP contribution in [0.2, 0.25) is 0 Å².